The summed E-state index contributed by atoms with van der Waals surface area (Å²) < 4.78 is 1.22. The van der Waals surface area contributed by atoms with Crippen LogP contribution in [0.4, 0.5) is 0 Å². The van der Waals surface area contributed by atoms with Gasteiger partial charge in [-0.1, -0.05) is 41.2 Å². The average Bonchev–Trinajstić information content (AvgIpc) is 2.19. The lowest BCUT2D eigenvalue weighted by molar-refractivity contribution is 0.942. The first kappa shape index (κ1) is 10.1. The SMILES string of the molecule is Cc1cccc(SC2=NCCCS2)c1. The van der Waals surface area contributed by atoms with Crippen LogP contribution in [0.25, 0.3) is 0 Å². The van der Waals surface area contributed by atoms with Crippen molar-refractivity contribution in [2.24, 2.45) is 4.99 Å². The molecule has 14 heavy (non-hydrogen) atoms. The second-order valence-corrected chi connectivity index (χ2v) is 5.67. The zero-order chi connectivity index (χ0) is 9.80. The molecule has 1 aliphatic rings. The van der Waals surface area contributed by atoms with Crippen molar-refractivity contribution >= 4 is 27.9 Å². The predicted octanol–water partition coefficient (Wildman–Crippen LogP) is 3.58. The van der Waals surface area contributed by atoms with E-state index in [-0.39, 0.29) is 0 Å². The lowest BCUT2D eigenvalue weighted by Crippen LogP contribution is -1.99. The van der Waals surface area contributed by atoms with Gasteiger partial charge in [-0.25, -0.2) is 0 Å². The maximum atomic E-state index is 4.50. The van der Waals surface area contributed by atoms with E-state index in [2.05, 4.69) is 36.2 Å². The molecule has 0 radical (unpaired) electrons. The molecule has 0 fully saturated rings. The fraction of sp³-hybridized carbons (Fsp3) is 0.364. The molecule has 1 aromatic carbocycles. The van der Waals surface area contributed by atoms with Crippen molar-refractivity contribution in [2.45, 2.75) is 18.2 Å². The van der Waals surface area contributed by atoms with E-state index < -0.39 is 0 Å². The van der Waals surface area contributed by atoms with Gasteiger partial charge in [0.1, 0.15) is 4.38 Å². The third-order valence-corrected chi connectivity index (χ3v) is 4.23. The first-order valence-electron chi connectivity index (χ1n) is 4.76. The number of hydrogen-bond donors (Lipinski definition) is 0. The number of thioether (sulfide) groups is 2. The molecule has 0 unspecified atom stereocenters. The third-order valence-electron chi connectivity index (χ3n) is 1.96. The molecule has 0 aromatic heterocycles. The Morgan fingerprint density at radius 1 is 1.43 bits per heavy atom. The largest absolute Gasteiger partial charge is 0.271 e. The van der Waals surface area contributed by atoms with Gasteiger partial charge in [0, 0.05) is 17.2 Å². The topological polar surface area (TPSA) is 12.4 Å². The van der Waals surface area contributed by atoms with Gasteiger partial charge in [0.2, 0.25) is 0 Å². The van der Waals surface area contributed by atoms with Crippen LogP contribution < -0.4 is 0 Å². The predicted molar refractivity (Wildman–Crippen MR) is 66.4 cm³/mol. The van der Waals surface area contributed by atoms with Gasteiger partial charge in [-0.15, -0.1) is 0 Å². The summed E-state index contributed by atoms with van der Waals surface area (Å²) >= 11 is 3.67. The van der Waals surface area contributed by atoms with E-state index >= 15 is 0 Å². The van der Waals surface area contributed by atoms with Crippen LogP contribution in [0.3, 0.4) is 0 Å². The minimum atomic E-state index is 1.00. The molecule has 0 amide bonds. The Morgan fingerprint density at radius 2 is 2.36 bits per heavy atom. The van der Waals surface area contributed by atoms with Crippen molar-refractivity contribution in [2.75, 3.05) is 12.3 Å². The highest BCUT2D eigenvalue weighted by Gasteiger charge is 2.07. The van der Waals surface area contributed by atoms with E-state index in [1.807, 2.05) is 11.8 Å². The summed E-state index contributed by atoms with van der Waals surface area (Å²) in [5.41, 5.74) is 1.32. The first-order valence-corrected chi connectivity index (χ1v) is 6.56. The second-order valence-electron chi connectivity index (χ2n) is 3.27. The van der Waals surface area contributed by atoms with Crippen molar-refractivity contribution in [1.29, 1.82) is 0 Å². The van der Waals surface area contributed by atoms with Crippen LogP contribution >= 0.6 is 23.5 Å². The van der Waals surface area contributed by atoms with Crippen LogP contribution in [0.2, 0.25) is 0 Å². The zero-order valence-electron chi connectivity index (χ0n) is 8.19. The van der Waals surface area contributed by atoms with Gasteiger partial charge >= 0.3 is 0 Å². The molecule has 0 aliphatic carbocycles. The van der Waals surface area contributed by atoms with Gasteiger partial charge in [-0.2, -0.15) is 0 Å². The summed E-state index contributed by atoms with van der Waals surface area (Å²) in [5, 5.41) is 0. The molecule has 0 atom stereocenters. The van der Waals surface area contributed by atoms with E-state index in [0.29, 0.717) is 0 Å². The van der Waals surface area contributed by atoms with E-state index in [1.54, 1.807) is 11.8 Å². The quantitative estimate of drug-likeness (QED) is 0.721. The molecule has 0 saturated heterocycles. The molecule has 1 heterocycles. The van der Waals surface area contributed by atoms with E-state index in [4.69, 9.17) is 0 Å². The van der Waals surface area contributed by atoms with E-state index in [0.717, 1.165) is 6.54 Å². The zero-order valence-corrected chi connectivity index (χ0v) is 9.83. The van der Waals surface area contributed by atoms with Crippen LogP contribution in [0.15, 0.2) is 34.2 Å². The maximum absolute atomic E-state index is 4.50. The number of nitrogens with zero attached hydrogens (tertiary/aromatic N) is 1. The highest BCUT2D eigenvalue weighted by Crippen LogP contribution is 2.28. The summed E-state index contributed by atoms with van der Waals surface area (Å²) in [6.07, 6.45) is 1.22. The Morgan fingerprint density at radius 3 is 3.07 bits per heavy atom. The first-order chi connectivity index (χ1) is 6.84. The molecule has 1 aromatic rings. The van der Waals surface area contributed by atoms with Crippen LogP contribution in [0.1, 0.15) is 12.0 Å². The molecular formula is C11H13NS2. The van der Waals surface area contributed by atoms with Crippen LogP contribution in [0, 0.1) is 6.92 Å². The molecule has 74 valence electrons. The summed E-state index contributed by atoms with van der Waals surface area (Å²) in [6.45, 7) is 3.13. The van der Waals surface area contributed by atoms with Gasteiger partial charge in [-0.05, 0) is 25.5 Å². The van der Waals surface area contributed by atoms with Gasteiger partial charge < -0.3 is 0 Å². The smallest absolute Gasteiger partial charge is 0.129 e. The van der Waals surface area contributed by atoms with Gasteiger partial charge in [-0.3, -0.25) is 4.99 Å². The summed E-state index contributed by atoms with van der Waals surface area (Å²) in [6, 6.07) is 8.59. The standard InChI is InChI=1S/C11H13NS2/c1-9-4-2-5-10(8-9)14-11-12-6-3-7-13-11/h2,4-5,8H,3,6-7H2,1H3. The molecule has 0 bridgehead atoms. The maximum Gasteiger partial charge on any atom is 0.129 e. The summed E-state index contributed by atoms with van der Waals surface area (Å²) in [4.78, 5) is 5.80. The number of aliphatic imine (C=N–C) groups is 1. The summed E-state index contributed by atoms with van der Waals surface area (Å²) in [7, 11) is 0. The average molecular weight is 223 g/mol. The Kier molecular flexibility index (Phi) is 3.54. The van der Waals surface area contributed by atoms with Gasteiger partial charge in [0.15, 0.2) is 0 Å². The van der Waals surface area contributed by atoms with Crippen molar-refractivity contribution < 1.29 is 0 Å². The molecule has 0 saturated carbocycles. The van der Waals surface area contributed by atoms with Gasteiger partial charge in [0.05, 0.1) is 0 Å². The minimum Gasteiger partial charge on any atom is -0.271 e. The normalized spacial score (nSPS) is 16.5. The number of hydrogen-bond acceptors (Lipinski definition) is 3. The molecule has 1 aliphatic heterocycles. The van der Waals surface area contributed by atoms with Crippen molar-refractivity contribution in [3.8, 4) is 0 Å². The highest BCUT2D eigenvalue weighted by molar-refractivity contribution is 8.38. The minimum absolute atomic E-state index is 1.00. The molecule has 1 nitrogen and oxygen atoms in total. The van der Waals surface area contributed by atoms with Crippen molar-refractivity contribution in [1.82, 2.24) is 0 Å². The Bertz CT molecular complexity index is 347. The van der Waals surface area contributed by atoms with E-state index in [1.165, 1.54) is 27.0 Å². The highest BCUT2D eigenvalue weighted by atomic mass is 32.2. The second kappa shape index (κ2) is 4.89. The fourth-order valence-electron chi connectivity index (χ4n) is 1.28. The molecule has 2 rings (SSSR count). The van der Waals surface area contributed by atoms with Crippen molar-refractivity contribution in [3.63, 3.8) is 0 Å². The lowest BCUT2D eigenvalue weighted by Gasteiger charge is -2.10. The fourth-order valence-corrected chi connectivity index (χ4v) is 3.44. The van der Waals surface area contributed by atoms with Crippen LogP contribution in [-0.4, -0.2) is 16.7 Å². The van der Waals surface area contributed by atoms with Crippen LogP contribution in [0.5, 0.6) is 0 Å². The van der Waals surface area contributed by atoms with Crippen LogP contribution in [-0.2, 0) is 0 Å². The number of rotatable bonds is 1. The number of benzene rings is 1. The number of aryl methyl sites for hydroxylation is 1. The van der Waals surface area contributed by atoms with E-state index in [9.17, 15) is 0 Å². The van der Waals surface area contributed by atoms with Gasteiger partial charge in [0.25, 0.3) is 0 Å². The third kappa shape index (κ3) is 2.79. The lowest BCUT2D eigenvalue weighted by atomic mass is 10.2. The molecular weight excluding hydrogens is 210 g/mol. The molecule has 0 spiro atoms. The Labute approximate surface area is 93.4 Å². The Hall–Kier alpha value is -0.410. The Balaban J connectivity index is 2.06. The summed E-state index contributed by atoms with van der Waals surface area (Å²) in [5.74, 6) is 1.22. The monoisotopic (exact) mass is 223 g/mol. The molecule has 3 heteroatoms. The van der Waals surface area contributed by atoms with Crippen molar-refractivity contribution in [3.05, 3.63) is 29.8 Å². The molecule has 0 N–H and O–H groups in total.